The van der Waals surface area contributed by atoms with Gasteiger partial charge in [0.05, 0.1) is 33.6 Å². The first kappa shape index (κ1) is 13.3. The smallest absolute Gasteiger partial charge is 0.242 e. The summed E-state index contributed by atoms with van der Waals surface area (Å²) in [6.07, 6.45) is 5.09. The molecule has 0 saturated carbocycles. The molecule has 0 aliphatic rings. The molecule has 2 heterocycles. The molecule has 0 radical (unpaired) electrons. The molecule has 0 aromatic carbocycles. The molecule has 0 atom stereocenters. The number of nitrogens with one attached hydrogen (secondary N) is 1. The van der Waals surface area contributed by atoms with Crippen LogP contribution in [0, 0.1) is 0 Å². The van der Waals surface area contributed by atoms with Crippen LogP contribution in [0.25, 0.3) is 0 Å². The number of hydrogen-bond donors (Lipinski definition) is 1. The zero-order valence-corrected chi connectivity index (χ0v) is 12.8. The predicted molar refractivity (Wildman–Crippen MR) is 72.7 cm³/mol. The van der Waals surface area contributed by atoms with E-state index >= 15 is 0 Å². The minimum Gasteiger partial charge on any atom is -0.349 e. The van der Waals surface area contributed by atoms with Crippen LogP contribution in [-0.2, 0) is 24.9 Å². The van der Waals surface area contributed by atoms with Gasteiger partial charge in [0.1, 0.15) is 6.54 Å². The highest BCUT2D eigenvalue weighted by Crippen LogP contribution is 2.14. The monoisotopic (exact) mass is 375 g/mol. The van der Waals surface area contributed by atoms with Gasteiger partial charge in [-0.15, -0.1) is 0 Å². The molecule has 96 valence electrons. The molecular formula is C10H11Br2N5O. The maximum atomic E-state index is 11.7. The third-order valence-electron chi connectivity index (χ3n) is 2.37. The second-order valence-electron chi connectivity index (χ2n) is 3.70. The lowest BCUT2D eigenvalue weighted by Gasteiger charge is -2.06. The third-order valence-corrected chi connectivity index (χ3v) is 3.44. The van der Waals surface area contributed by atoms with Crippen molar-refractivity contribution in [2.75, 3.05) is 0 Å². The summed E-state index contributed by atoms with van der Waals surface area (Å²) in [7, 11) is 1.83. The highest BCUT2D eigenvalue weighted by molar-refractivity contribution is 9.10. The molecule has 0 bridgehead atoms. The Balaban J connectivity index is 1.89. The minimum absolute atomic E-state index is 0.0984. The van der Waals surface area contributed by atoms with Crippen molar-refractivity contribution in [2.45, 2.75) is 13.1 Å². The van der Waals surface area contributed by atoms with E-state index in [9.17, 15) is 4.79 Å². The molecule has 1 N–H and O–H groups in total. The molecular weight excluding hydrogens is 366 g/mol. The van der Waals surface area contributed by atoms with Gasteiger partial charge in [0.15, 0.2) is 0 Å². The molecule has 2 aromatic heterocycles. The van der Waals surface area contributed by atoms with Crippen molar-refractivity contribution >= 4 is 37.8 Å². The van der Waals surface area contributed by atoms with Crippen molar-refractivity contribution in [1.29, 1.82) is 0 Å². The summed E-state index contributed by atoms with van der Waals surface area (Å²) in [6, 6.07) is 0. The van der Waals surface area contributed by atoms with Crippen LogP contribution in [0.1, 0.15) is 5.69 Å². The average molecular weight is 377 g/mol. The molecule has 0 spiro atoms. The van der Waals surface area contributed by atoms with Gasteiger partial charge < -0.3 is 5.32 Å². The van der Waals surface area contributed by atoms with Gasteiger partial charge in [0.25, 0.3) is 0 Å². The van der Waals surface area contributed by atoms with Crippen LogP contribution < -0.4 is 5.32 Å². The van der Waals surface area contributed by atoms with Crippen LogP contribution >= 0.6 is 31.9 Å². The Morgan fingerprint density at radius 3 is 2.72 bits per heavy atom. The van der Waals surface area contributed by atoms with Gasteiger partial charge in [0.2, 0.25) is 5.91 Å². The van der Waals surface area contributed by atoms with E-state index in [1.807, 2.05) is 7.05 Å². The maximum absolute atomic E-state index is 11.7. The Morgan fingerprint density at radius 1 is 1.39 bits per heavy atom. The van der Waals surface area contributed by atoms with Gasteiger partial charge in [-0.2, -0.15) is 10.2 Å². The molecule has 0 unspecified atom stereocenters. The fourth-order valence-corrected chi connectivity index (χ4v) is 2.26. The molecule has 18 heavy (non-hydrogen) atoms. The first-order valence-corrected chi connectivity index (χ1v) is 6.76. The Morgan fingerprint density at radius 2 is 2.17 bits per heavy atom. The van der Waals surface area contributed by atoms with Crippen LogP contribution in [0.5, 0.6) is 0 Å². The summed E-state index contributed by atoms with van der Waals surface area (Å²) in [5.74, 6) is -0.0984. The molecule has 1 amide bonds. The molecule has 0 aliphatic heterocycles. The highest BCUT2D eigenvalue weighted by atomic mass is 79.9. The van der Waals surface area contributed by atoms with Gasteiger partial charge in [-0.05, 0) is 31.9 Å². The second-order valence-corrected chi connectivity index (χ2v) is 5.47. The van der Waals surface area contributed by atoms with Crippen molar-refractivity contribution in [2.24, 2.45) is 7.05 Å². The fourth-order valence-electron chi connectivity index (χ4n) is 1.45. The van der Waals surface area contributed by atoms with E-state index < -0.39 is 0 Å². The first-order chi connectivity index (χ1) is 8.56. The molecule has 2 aromatic rings. The van der Waals surface area contributed by atoms with E-state index in [1.54, 1.807) is 28.0 Å². The standard InChI is InChI=1S/C10H11Br2N5O/c1-16-9(8(12)3-14-16)4-13-10(18)6-17-5-7(11)2-15-17/h2-3,5H,4,6H2,1H3,(H,13,18). The summed E-state index contributed by atoms with van der Waals surface area (Å²) in [5, 5.41) is 10.9. The summed E-state index contributed by atoms with van der Waals surface area (Å²) < 4.78 is 5.02. The number of halogens is 2. The van der Waals surface area contributed by atoms with Crippen molar-refractivity contribution in [3.8, 4) is 0 Å². The van der Waals surface area contributed by atoms with E-state index in [0.717, 1.165) is 14.6 Å². The Kier molecular flexibility index (Phi) is 4.18. The van der Waals surface area contributed by atoms with Crippen LogP contribution in [-0.4, -0.2) is 25.5 Å². The quantitative estimate of drug-likeness (QED) is 0.878. The normalized spacial score (nSPS) is 10.6. The molecule has 8 heteroatoms. The number of carbonyl (C=O) groups is 1. The number of aryl methyl sites for hydroxylation is 1. The molecule has 0 fully saturated rings. The molecule has 2 rings (SSSR count). The lowest BCUT2D eigenvalue weighted by Crippen LogP contribution is -2.28. The van der Waals surface area contributed by atoms with E-state index in [-0.39, 0.29) is 12.5 Å². The van der Waals surface area contributed by atoms with Crippen molar-refractivity contribution < 1.29 is 4.79 Å². The zero-order valence-electron chi connectivity index (χ0n) is 9.60. The summed E-state index contributed by atoms with van der Waals surface area (Å²) in [5.41, 5.74) is 0.921. The fraction of sp³-hybridized carbons (Fsp3) is 0.300. The van der Waals surface area contributed by atoms with Gasteiger partial charge in [0, 0.05) is 13.2 Å². The molecule has 0 aliphatic carbocycles. The van der Waals surface area contributed by atoms with Crippen LogP contribution in [0.2, 0.25) is 0 Å². The summed E-state index contributed by atoms with van der Waals surface area (Å²) in [4.78, 5) is 11.7. The van der Waals surface area contributed by atoms with E-state index in [0.29, 0.717) is 6.54 Å². The number of aromatic nitrogens is 4. The van der Waals surface area contributed by atoms with Gasteiger partial charge in [-0.3, -0.25) is 14.2 Å². The predicted octanol–water partition coefficient (Wildman–Crippen LogP) is 1.46. The Labute approximate surface area is 121 Å². The van der Waals surface area contributed by atoms with Gasteiger partial charge >= 0.3 is 0 Å². The topological polar surface area (TPSA) is 64.7 Å². The van der Waals surface area contributed by atoms with Crippen LogP contribution in [0.3, 0.4) is 0 Å². The second kappa shape index (κ2) is 5.66. The third kappa shape index (κ3) is 3.20. The summed E-state index contributed by atoms with van der Waals surface area (Å²) >= 11 is 6.66. The van der Waals surface area contributed by atoms with E-state index in [1.165, 1.54) is 0 Å². The number of carbonyl (C=O) groups excluding carboxylic acids is 1. The first-order valence-electron chi connectivity index (χ1n) is 5.17. The van der Waals surface area contributed by atoms with Crippen molar-refractivity contribution in [3.63, 3.8) is 0 Å². The number of rotatable bonds is 4. The largest absolute Gasteiger partial charge is 0.349 e. The lowest BCUT2D eigenvalue weighted by molar-refractivity contribution is -0.122. The average Bonchev–Trinajstić information content (AvgIpc) is 2.84. The van der Waals surface area contributed by atoms with Gasteiger partial charge in [-0.25, -0.2) is 0 Å². The van der Waals surface area contributed by atoms with Crippen LogP contribution in [0.4, 0.5) is 0 Å². The summed E-state index contributed by atoms with van der Waals surface area (Å²) in [6.45, 7) is 0.624. The zero-order chi connectivity index (χ0) is 13.1. The minimum atomic E-state index is -0.0984. The Hall–Kier alpha value is -1.15. The van der Waals surface area contributed by atoms with E-state index in [2.05, 4.69) is 47.4 Å². The van der Waals surface area contributed by atoms with Crippen LogP contribution in [0.15, 0.2) is 27.5 Å². The Bertz CT molecular complexity index is 543. The molecule has 0 saturated heterocycles. The lowest BCUT2D eigenvalue weighted by atomic mass is 10.4. The number of hydrogen-bond acceptors (Lipinski definition) is 3. The number of amides is 1. The van der Waals surface area contributed by atoms with Gasteiger partial charge in [-0.1, -0.05) is 0 Å². The van der Waals surface area contributed by atoms with Crippen molar-refractivity contribution in [1.82, 2.24) is 24.9 Å². The SMILES string of the molecule is Cn1ncc(Br)c1CNC(=O)Cn1cc(Br)cn1. The molecule has 6 nitrogen and oxygen atoms in total. The maximum Gasteiger partial charge on any atom is 0.242 e. The highest BCUT2D eigenvalue weighted by Gasteiger charge is 2.08. The van der Waals surface area contributed by atoms with E-state index in [4.69, 9.17) is 0 Å². The van der Waals surface area contributed by atoms with Crippen molar-refractivity contribution in [3.05, 3.63) is 33.2 Å². The number of nitrogens with zero attached hydrogens (tertiary/aromatic N) is 4.